The third-order valence-electron chi connectivity index (χ3n) is 4.50. The molecule has 0 saturated carbocycles. The van der Waals surface area contributed by atoms with Gasteiger partial charge in [-0.3, -0.25) is 9.69 Å². The normalized spacial score (nSPS) is 12.2. The molecular weight excluding hydrogens is 354 g/mol. The van der Waals surface area contributed by atoms with Crippen molar-refractivity contribution in [3.8, 4) is 5.75 Å². The second-order valence-electron chi connectivity index (χ2n) is 6.01. The number of carbonyl (C=O) groups excluding carboxylic acids is 1. The van der Waals surface area contributed by atoms with E-state index in [4.69, 9.17) is 20.9 Å². The molecule has 0 aliphatic carbocycles. The maximum absolute atomic E-state index is 12.4. The number of aryl methyl sites for hydroxylation is 1. The van der Waals surface area contributed by atoms with Crippen LogP contribution < -0.4 is 10.1 Å². The summed E-state index contributed by atoms with van der Waals surface area (Å²) in [6.45, 7) is 8.25. The number of carbonyl (C=O) groups is 1. The fourth-order valence-corrected chi connectivity index (χ4v) is 3.20. The predicted molar refractivity (Wildman–Crippen MR) is 102 cm³/mol. The summed E-state index contributed by atoms with van der Waals surface area (Å²) in [6.07, 6.45) is 0.150. The SMILES string of the molecule is CCN(CC)[C@H](CNC(=O)Cc1c(C)noc1Cl)c1cccc(OC)c1. The smallest absolute Gasteiger partial charge is 0.229 e. The topological polar surface area (TPSA) is 67.6 Å². The molecule has 0 unspecified atom stereocenters. The maximum Gasteiger partial charge on any atom is 0.229 e. The molecule has 0 bridgehead atoms. The molecule has 0 spiro atoms. The van der Waals surface area contributed by atoms with Crippen molar-refractivity contribution in [3.63, 3.8) is 0 Å². The molecule has 7 heteroatoms. The van der Waals surface area contributed by atoms with Gasteiger partial charge in [-0.25, -0.2) is 0 Å². The minimum atomic E-state index is -0.113. The number of hydrogen-bond acceptors (Lipinski definition) is 5. The Morgan fingerprint density at radius 3 is 2.69 bits per heavy atom. The number of rotatable bonds is 9. The minimum absolute atomic E-state index is 0.0584. The van der Waals surface area contributed by atoms with E-state index in [1.807, 2.05) is 18.2 Å². The van der Waals surface area contributed by atoms with Gasteiger partial charge in [-0.2, -0.15) is 0 Å². The number of halogens is 1. The van der Waals surface area contributed by atoms with Crippen molar-refractivity contribution >= 4 is 17.5 Å². The summed E-state index contributed by atoms with van der Waals surface area (Å²) in [5.41, 5.74) is 2.37. The van der Waals surface area contributed by atoms with Crippen molar-refractivity contribution in [2.24, 2.45) is 0 Å². The lowest BCUT2D eigenvalue weighted by Crippen LogP contribution is -2.38. The molecule has 0 fully saturated rings. The Morgan fingerprint density at radius 2 is 2.12 bits per heavy atom. The summed E-state index contributed by atoms with van der Waals surface area (Å²) in [4.78, 5) is 14.7. The van der Waals surface area contributed by atoms with Gasteiger partial charge in [0.05, 0.1) is 25.3 Å². The molecule has 6 nitrogen and oxygen atoms in total. The van der Waals surface area contributed by atoms with Gasteiger partial charge in [0, 0.05) is 12.1 Å². The Kier molecular flexibility index (Phi) is 7.48. The van der Waals surface area contributed by atoms with Gasteiger partial charge in [0.1, 0.15) is 5.75 Å². The number of benzene rings is 1. The van der Waals surface area contributed by atoms with Crippen LogP contribution in [0.15, 0.2) is 28.8 Å². The third kappa shape index (κ3) is 4.99. The third-order valence-corrected chi connectivity index (χ3v) is 4.80. The number of likely N-dealkylation sites (N-methyl/N-ethyl adjacent to an activating group) is 1. The standard InChI is InChI=1S/C19H26ClN3O3/c1-5-23(6-2)17(14-8-7-9-15(10-14)25-4)12-21-18(24)11-16-13(3)22-26-19(16)20/h7-10,17H,5-6,11-12H2,1-4H3,(H,21,24)/t17-/m1/s1. The highest BCUT2D eigenvalue weighted by Gasteiger charge is 2.21. The Hall–Kier alpha value is -2.05. The first-order valence-electron chi connectivity index (χ1n) is 8.75. The molecule has 0 radical (unpaired) electrons. The highest BCUT2D eigenvalue weighted by atomic mass is 35.5. The average Bonchev–Trinajstić information content (AvgIpc) is 2.97. The van der Waals surface area contributed by atoms with Crippen LogP contribution in [-0.4, -0.2) is 42.7 Å². The molecule has 1 heterocycles. The zero-order valence-corrected chi connectivity index (χ0v) is 16.5. The van der Waals surface area contributed by atoms with Crippen LogP contribution in [0.3, 0.4) is 0 Å². The summed E-state index contributed by atoms with van der Waals surface area (Å²) < 4.78 is 10.2. The lowest BCUT2D eigenvalue weighted by Gasteiger charge is -2.30. The zero-order chi connectivity index (χ0) is 19.1. The van der Waals surface area contributed by atoms with E-state index in [9.17, 15) is 4.79 Å². The van der Waals surface area contributed by atoms with Gasteiger partial charge in [-0.05, 0) is 49.3 Å². The Bertz CT molecular complexity index is 709. The van der Waals surface area contributed by atoms with Crippen molar-refractivity contribution in [3.05, 3.63) is 46.3 Å². The van der Waals surface area contributed by atoms with Crippen LogP contribution in [0.25, 0.3) is 0 Å². The summed E-state index contributed by atoms with van der Waals surface area (Å²) >= 11 is 5.95. The van der Waals surface area contributed by atoms with E-state index in [1.165, 1.54) is 0 Å². The van der Waals surface area contributed by atoms with Crippen LogP contribution >= 0.6 is 11.6 Å². The van der Waals surface area contributed by atoms with E-state index in [0.717, 1.165) is 24.4 Å². The fraction of sp³-hybridized carbons (Fsp3) is 0.474. The first-order chi connectivity index (χ1) is 12.5. The number of ether oxygens (including phenoxy) is 1. The average molecular weight is 380 g/mol. The predicted octanol–water partition coefficient (Wildman–Crippen LogP) is 3.39. The van der Waals surface area contributed by atoms with E-state index >= 15 is 0 Å². The van der Waals surface area contributed by atoms with Crippen molar-refractivity contribution in [1.29, 1.82) is 0 Å². The lowest BCUT2D eigenvalue weighted by molar-refractivity contribution is -0.120. The highest BCUT2D eigenvalue weighted by Crippen LogP contribution is 2.24. The van der Waals surface area contributed by atoms with E-state index in [1.54, 1.807) is 14.0 Å². The number of hydrogen-bond donors (Lipinski definition) is 1. The van der Waals surface area contributed by atoms with Gasteiger partial charge in [0.15, 0.2) is 0 Å². The number of methoxy groups -OCH3 is 1. The van der Waals surface area contributed by atoms with Crippen molar-refractivity contribution in [2.45, 2.75) is 33.2 Å². The lowest BCUT2D eigenvalue weighted by atomic mass is 10.0. The maximum atomic E-state index is 12.4. The summed E-state index contributed by atoms with van der Waals surface area (Å²) in [7, 11) is 1.65. The molecule has 1 atom stereocenters. The zero-order valence-electron chi connectivity index (χ0n) is 15.7. The van der Waals surface area contributed by atoms with Crippen LogP contribution in [0.1, 0.15) is 36.7 Å². The molecule has 1 N–H and O–H groups in total. The van der Waals surface area contributed by atoms with Gasteiger partial charge in [-0.15, -0.1) is 0 Å². The number of nitrogens with one attached hydrogen (secondary N) is 1. The Balaban J connectivity index is 2.10. The summed E-state index contributed by atoms with van der Waals surface area (Å²) in [5, 5.41) is 6.96. The van der Waals surface area contributed by atoms with Crippen molar-refractivity contribution in [2.75, 3.05) is 26.7 Å². The van der Waals surface area contributed by atoms with Crippen LogP contribution in [0.4, 0.5) is 0 Å². The van der Waals surface area contributed by atoms with E-state index in [2.05, 4.69) is 35.3 Å². The highest BCUT2D eigenvalue weighted by molar-refractivity contribution is 6.29. The van der Waals surface area contributed by atoms with Gasteiger partial charge < -0.3 is 14.6 Å². The molecule has 26 heavy (non-hydrogen) atoms. The quantitative estimate of drug-likeness (QED) is 0.723. The van der Waals surface area contributed by atoms with Gasteiger partial charge in [0.25, 0.3) is 0 Å². The van der Waals surface area contributed by atoms with E-state index in [-0.39, 0.29) is 23.6 Å². The monoisotopic (exact) mass is 379 g/mol. The van der Waals surface area contributed by atoms with Crippen LogP contribution in [0.5, 0.6) is 5.75 Å². The van der Waals surface area contributed by atoms with Gasteiger partial charge in [-0.1, -0.05) is 31.1 Å². The van der Waals surface area contributed by atoms with Crippen LogP contribution in [0.2, 0.25) is 5.22 Å². The fourth-order valence-electron chi connectivity index (χ4n) is 2.96. The first-order valence-corrected chi connectivity index (χ1v) is 9.13. The molecule has 1 amide bonds. The largest absolute Gasteiger partial charge is 0.497 e. The minimum Gasteiger partial charge on any atom is -0.497 e. The molecule has 2 aromatic rings. The molecule has 0 aliphatic rings. The number of nitrogens with zero attached hydrogens (tertiary/aromatic N) is 2. The second kappa shape index (κ2) is 9.59. The summed E-state index contributed by atoms with van der Waals surface area (Å²) in [5.74, 6) is 0.691. The van der Waals surface area contributed by atoms with Gasteiger partial charge in [0.2, 0.25) is 11.1 Å². The Morgan fingerprint density at radius 1 is 1.38 bits per heavy atom. The molecule has 1 aromatic heterocycles. The molecular formula is C19H26ClN3O3. The molecule has 2 rings (SSSR count). The van der Waals surface area contributed by atoms with Crippen molar-refractivity contribution < 1.29 is 14.1 Å². The van der Waals surface area contributed by atoms with Gasteiger partial charge >= 0.3 is 0 Å². The molecule has 1 aromatic carbocycles. The Labute approximate surface area is 159 Å². The van der Waals surface area contributed by atoms with Crippen LogP contribution in [-0.2, 0) is 11.2 Å². The van der Waals surface area contributed by atoms with Crippen LogP contribution in [0, 0.1) is 6.92 Å². The van der Waals surface area contributed by atoms with E-state index < -0.39 is 0 Å². The molecule has 0 aliphatic heterocycles. The summed E-state index contributed by atoms with van der Waals surface area (Å²) in [6, 6.07) is 8.00. The molecule has 0 saturated heterocycles. The molecule has 142 valence electrons. The number of amides is 1. The first kappa shape index (κ1) is 20.3. The van der Waals surface area contributed by atoms with E-state index in [0.29, 0.717) is 17.8 Å². The van der Waals surface area contributed by atoms with Crippen molar-refractivity contribution in [1.82, 2.24) is 15.4 Å². The number of aromatic nitrogens is 1. The second-order valence-corrected chi connectivity index (χ2v) is 6.36.